The first kappa shape index (κ1) is 14.5. The Labute approximate surface area is 119 Å². The minimum atomic E-state index is -0.289. The Hall–Kier alpha value is -1.88. The fourth-order valence-corrected chi connectivity index (χ4v) is 1.87. The van der Waals surface area contributed by atoms with Crippen LogP contribution in [0.1, 0.15) is 38.3 Å². The van der Waals surface area contributed by atoms with Gasteiger partial charge in [-0.05, 0) is 36.1 Å². The van der Waals surface area contributed by atoms with Crippen molar-refractivity contribution >= 4 is 0 Å². The van der Waals surface area contributed by atoms with Crippen LogP contribution in [0.4, 0.5) is 0 Å². The van der Waals surface area contributed by atoms with Gasteiger partial charge in [0, 0.05) is 5.56 Å². The zero-order valence-electron chi connectivity index (χ0n) is 12.6. The quantitative estimate of drug-likeness (QED) is 0.931. The summed E-state index contributed by atoms with van der Waals surface area (Å²) in [7, 11) is 1.65. The van der Waals surface area contributed by atoms with E-state index in [9.17, 15) is 0 Å². The monoisotopic (exact) mass is 275 g/mol. The molecule has 0 saturated heterocycles. The summed E-state index contributed by atoms with van der Waals surface area (Å²) in [6.07, 6.45) is 0. The first-order valence-corrected chi connectivity index (χ1v) is 6.57. The van der Waals surface area contributed by atoms with Crippen molar-refractivity contribution in [2.24, 2.45) is 11.1 Å². The minimum absolute atomic E-state index is 0.125. The van der Waals surface area contributed by atoms with E-state index in [1.807, 2.05) is 45.9 Å². The van der Waals surface area contributed by atoms with E-state index in [0.29, 0.717) is 11.7 Å². The summed E-state index contributed by atoms with van der Waals surface area (Å²) in [5, 5.41) is 4.01. The molecule has 2 aromatic rings. The number of rotatable bonds is 3. The number of ether oxygens (including phenoxy) is 1. The zero-order valence-corrected chi connectivity index (χ0v) is 12.6. The molecule has 5 nitrogen and oxygen atoms in total. The van der Waals surface area contributed by atoms with Gasteiger partial charge in [-0.15, -0.1) is 0 Å². The van der Waals surface area contributed by atoms with Crippen LogP contribution in [-0.4, -0.2) is 17.3 Å². The number of nitrogens with zero attached hydrogens (tertiary/aromatic N) is 2. The van der Waals surface area contributed by atoms with Gasteiger partial charge in [-0.3, -0.25) is 0 Å². The maximum atomic E-state index is 6.12. The van der Waals surface area contributed by atoms with E-state index in [2.05, 4.69) is 10.1 Å². The Morgan fingerprint density at radius 3 is 2.55 bits per heavy atom. The van der Waals surface area contributed by atoms with Crippen LogP contribution in [0.5, 0.6) is 5.75 Å². The lowest BCUT2D eigenvalue weighted by Gasteiger charge is -2.23. The smallest absolute Gasteiger partial charge is 0.244 e. The van der Waals surface area contributed by atoms with E-state index in [1.54, 1.807) is 7.11 Å². The average Bonchev–Trinajstić information content (AvgIpc) is 2.86. The van der Waals surface area contributed by atoms with Gasteiger partial charge in [-0.1, -0.05) is 25.9 Å². The normalized spacial score (nSPS) is 13.3. The van der Waals surface area contributed by atoms with Crippen molar-refractivity contribution < 1.29 is 9.26 Å². The maximum Gasteiger partial charge on any atom is 0.244 e. The third-order valence-corrected chi connectivity index (χ3v) is 3.29. The molecule has 0 saturated carbocycles. The Bertz CT molecular complexity index is 599. The predicted molar refractivity (Wildman–Crippen MR) is 77.4 cm³/mol. The first-order chi connectivity index (χ1) is 9.32. The van der Waals surface area contributed by atoms with Gasteiger partial charge in [-0.25, -0.2) is 0 Å². The van der Waals surface area contributed by atoms with Gasteiger partial charge in [0.05, 0.1) is 13.2 Å². The van der Waals surface area contributed by atoms with Crippen molar-refractivity contribution in [2.45, 2.75) is 33.7 Å². The van der Waals surface area contributed by atoms with Crippen molar-refractivity contribution in [1.82, 2.24) is 10.1 Å². The number of hydrogen-bond donors (Lipinski definition) is 1. The topological polar surface area (TPSA) is 74.2 Å². The van der Waals surface area contributed by atoms with E-state index in [1.165, 1.54) is 0 Å². The largest absolute Gasteiger partial charge is 0.496 e. The SMILES string of the molecule is COc1ccc(-c2noc([C@@H](N)C(C)(C)C)n2)cc1C. The lowest BCUT2D eigenvalue weighted by molar-refractivity contribution is 0.253. The van der Waals surface area contributed by atoms with Crippen LogP contribution in [-0.2, 0) is 0 Å². The number of hydrogen-bond acceptors (Lipinski definition) is 5. The minimum Gasteiger partial charge on any atom is -0.496 e. The molecule has 0 aliphatic carbocycles. The summed E-state index contributed by atoms with van der Waals surface area (Å²) >= 11 is 0. The van der Waals surface area contributed by atoms with Crippen molar-refractivity contribution in [1.29, 1.82) is 0 Å². The molecular formula is C15H21N3O2. The third kappa shape index (κ3) is 2.82. The van der Waals surface area contributed by atoms with Crippen molar-refractivity contribution in [2.75, 3.05) is 7.11 Å². The lowest BCUT2D eigenvalue weighted by atomic mass is 9.87. The van der Waals surface area contributed by atoms with Crippen molar-refractivity contribution in [3.8, 4) is 17.1 Å². The molecule has 1 atom stereocenters. The Morgan fingerprint density at radius 2 is 2.00 bits per heavy atom. The van der Waals surface area contributed by atoms with Gasteiger partial charge in [-0.2, -0.15) is 4.98 Å². The molecular weight excluding hydrogens is 254 g/mol. The van der Waals surface area contributed by atoms with Gasteiger partial charge < -0.3 is 15.0 Å². The molecule has 0 bridgehead atoms. The lowest BCUT2D eigenvalue weighted by Crippen LogP contribution is -2.26. The van der Waals surface area contributed by atoms with Crippen LogP contribution >= 0.6 is 0 Å². The number of benzene rings is 1. The molecule has 1 heterocycles. The second kappa shape index (κ2) is 5.25. The van der Waals surface area contributed by atoms with Gasteiger partial charge in [0.1, 0.15) is 5.75 Å². The van der Waals surface area contributed by atoms with Crippen LogP contribution in [0, 0.1) is 12.3 Å². The third-order valence-electron chi connectivity index (χ3n) is 3.29. The summed E-state index contributed by atoms with van der Waals surface area (Å²) in [6.45, 7) is 8.10. The second-order valence-electron chi connectivity index (χ2n) is 5.98. The highest BCUT2D eigenvalue weighted by Gasteiger charge is 2.27. The molecule has 0 aliphatic heterocycles. The van der Waals surface area contributed by atoms with Gasteiger partial charge in [0.25, 0.3) is 0 Å². The number of methoxy groups -OCH3 is 1. The zero-order chi connectivity index (χ0) is 14.9. The summed E-state index contributed by atoms with van der Waals surface area (Å²) in [4.78, 5) is 4.40. The molecule has 0 spiro atoms. The molecule has 2 rings (SSSR count). The molecule has 0 aliphatic rings. The average molecular weight is 275 g/mol. The van der Waals surface area contributed by atoms with E-state index in [-0.39, 0.29) is 11.5 Å². The molecule has 20 heavy (non-hydrogen) atoms. The molecule has 0 fully saturated rings. The van der Waals surface area contributed by atoms with Crippen LogP contribution in [0.25, 0.3) is 11.4 Å². The molecule has 0 unspecified atom stereocenters. The van der Waals surface area contributed by atoms with Crippen molar-refractivity contribution in [3.05, 3.63) is 29.7 Å². The molecule has 0 amide bonds. The second-order valence-corrected chi connectivity index (χ2v) is 5.98. The fraction of sp³-hybridized carbons (Fsp3) is 0.467. The highest BCUT2D eigenvalue weighted by atomic mass is 16.5. The van der Waals surface area contributed by atoms with Gasteiger partial charge in [0.2, 0.25) is 11.7 Å². The van der Waals surface area contributed by atoms with E-state index in [0.717, 1.165) is 16.9 Å². The van der Waals surface area contributed by atoms with Crippen LogP contribution < -0.4 is 10.5 Å². The summed E-state index contributed by atoms with van der Waals surface area (Å²) in [5.74, 6) is 1.84. The predicted octanol–water partition coefficient (Wildman–Crippen LogP) is 3.10. The van der Waals surface area contributed by atoms with Crippen LogP contribution in [0.3, 0.4) is 0 Å². The number of aryl methyl sites for hydroxylation is 1. The summed E-state index contributed by atoms with van der Waals surface area (Å²) < 4.78 is 10.5. The first-order valence-electron chi connectivity index (χ1n) is 6.57. The Morgan fingerprint density at radius 1 is 1.30 bits per heavy atom. The Kier molecular flexibility index (Phi) is 3.81. The molecule has 1 aromatic carbocycles. The molecule has 0 radical (unpaired) electrons. The van der Waals surface area contributed by atoms with E-state index < -0.39 is 0 Å². The molecule has 1 aromatic heterocycles. The Balaban J connectivity index is 2.31. The number of aromatic nitrogens is 2. The highest BCUT2D eigenvalue weighted by Crippen LogP contribution is 2.31. The van der Waals surface area contributed by atoms with Gasteiger partial charge >= 0.3 is 0 Å². The fourth-order valence-electron chi connectivity index (χ4n) is 1.87. The maximum absolute atomic E-state index is 6.12. The van der Waals surface area contributed by atoms with E-state index in [4.69, 9.17) is 15.0 Å². The van der Waals surface area contributed by atoms with Crippen LogP contribution in [0.2, 0.25) is 0 Å². The molecule has 2 N–H and O–H groups in total. The van der Waals surface area contributed by atoms with Gasteiger partial charge in [0.15, 0.2) is 0 Å². The standard InChI is InChI=1S/C15H21N3O2/c1-9-8-10(6-7-11(9)19-5)13-17-14(20-18-13)12(16)15(2,3)4/h6-8,12H,16H2,1-5H3/t12-/m1/s1. The molecule has 108 valence electrons. The summed E-state index contributed by atoms with van der Waals surface area (Å²) in [6, 6.07) is 5.48. The molecule has 5 heteroatoms. The highest BCUT2D eigenvalue weighted by molar-refractivity contribution is 5.58. The number of nitrogens with two attached hydrogens (primary N) is 1. The summed E-state index contributed by atoms with van der Waals surface area (Å²) in [5.41, 5.74) is 7.91. The van der Waals surface area contributed by atoms with E-state index >= 15 is 0 Å². The van der Waals surface area contributed by atoms with Crippen molar-refractivity contribution in [3.63, 3.8) is 0 Å². The van der Waals surface area contributed by atoms with Crippen LogP contribution in [0.15, 0.2) is 22.7 Å².